The third-order valence-electron chi connectivity index (χ3n) is 3.43. The van der Waals surface area contributed by atoms with Crippen molar-refractivity contribution in [3.63, 3.8) is 0 Å². The lowest BCUT2D eigenvalue weighted by Crippen LogP contribution is -2.45. The van der Waals surface area contributed by atoms with Crippen molar-refractivity contribution in [1.29, 1.82) is 0 Å². The molecule has 35 heavy (non-hydrogen) atoms. The van der Waals surface area contributed by atoms with Gasteiger partial charge in [0.1, 0.15) is 0 Å². The molecule has 8 N–H and O–H groups in total. The molecule has 0 aromatic carbocycles. The van der Waals surface area contributed by atoms with Crippen molar-refractivity contribution in [2.75, 3.05) is 0 Å². The van der Waals surface area contributed by atoms with E-state index < -0.39 is 94.0 Å². The Hall–Kier alpha value is -3.62. The Morgan fingerprint density at radius 1 is 0.743 bits per heavy atom. The minimum absolute atomic E-state index is 1.50. The van der Waals surface area contributed by atoms with Crippen LogP contribution in [0.25, 0.3) is 0 Å². The van der Waals surface area contributed by atoms with Crippen molar-refractivity contribution in [2.45, 2.75) is 36.9 Å². The van der Waals surface area contributed by atoms with Crippen LogP contribution in [0, 0.1) is 0 Å². The summed E-state index contributed by atoms with van der Waals surface area (Å²) >= 11 is 0. The zero-order chi connectivity index (χ0) is 27.8. The van der Waals surface area contributed by atoms with Crippen LogP contribution in [0.4, 0.5) is 4.79 Å². The maximum Gasteiger partial charge on any atom is 0.721 e. The fourth-order valence-corrected chi connectivity index (χ4v) is 2.51. The fraction of sp³-hybridized carbons (Fsp3) is 0.462. The molecule has 0 aliphatic heterocycles. The maximum absolute atomic E-state index is 11.8. The molecule has 20 nitrogen and oxygen atoms in total. The molecular formula is C13H16BO20P. The van der Waals surface area contributed by atoms with Gasteiger partial charge in [-0.25, -0.2) is 18.9 Å². The predicted octanol–water partition coefficient (Wildman–Crippen LogP) is -3.34. The van der Waals surface area contributed by atoms with Crippen LogP contribution in [0.2, 0.25) is 0 Å². The molecule has 0 rings (SSSR count). The van der Waals surface area contributed by atoms with Gasteiger partial charge in [0.25, 0.3) is 5.97 Å². The normalized spacial score (nSPS) is 15.8. The quantitative estimate of drug-likeness (QED) is 0.0467. The van der Waals surface area contributed by atoms with Crippen LogP contribution >= 0.6 is 7.82 Å². The Kier molecular flexibility index (Phi) is 10.9. The van der Waals surface area contributed by atoms with Crippen molar-refractivity contribution in [2.24, 2.45) is 0 Å². The molecule has 0 aliphatic carbocycles. The number of carboxylic acid groups (broad SMARTS) is 4. The Morgan fingerprint density at radius 2 is 1.14 bits per heavy atom. The highest BCUT2D eigenvalue weighted by Gasteiger charge is 2.46. The van der Waals surface area contributed by atoms with Gasteiger partial charge in [0.15, 0.2) is 11.2 Å². The second kappa shape index (κ2) is 12.2. The molecule has 0 bridgehead atoms. The number of rotatable bonds is 14. The van der Waals surface area contributed by atoms with Crippen molar-refractivity contribution in [1.82, 2.24) is 0 Å². The summed E-state index contributed by atoms with van der Waals surface area (Å²) in [5.41, 5.74) is -6.65. The van der Waals surface area contributed by atoms with Crippen LogP contribution in [-0.2, 0) is 51.7 Å². The van der Waals surface area contributed by atoms with Gasteiger partial charge in [-0.15, -0.1) is 0 Å². The summed E-state index contributed by atoms with van der Waals surface area (Å²) in [6, 6.07) is 0. The molecule has 3 unspecified atom stereocenters. The zero-order valence-corrected chi connectivity index (χ0v) is 17.7. The molecule has 0 radical (unpaired) electrons. The van der Waals surface area contributed by atoms with Crippen molar-refractivity contribution in [3.8, 4) is 0 Å². The standard InChI is InChI=1S/C13H16BO20P/c15-5(16)1-12(26,9(20)21)2-6(17)31-7(18)3-13(27,10(22)23)4-8(19)32-14(28)34-35(29,30)33-11(24)25/h26-28H,1-4H2,(H,15,16)(H,20,21)(H,22,23)(H,24,25)(H,29,30). The van der Waals surface area contributed by atoms with E-state index in [9.17, 15) is 53.4 Å². The van der Waals surface area contributed by atoms with E-state index in [1.54, 1.807) is 0 Å². The summed E-state index contributed by atoms with van der Waals surface area (Å²) in [6.07, 6.45) is -8.88. The van der Waals surface area contributed by atoms with Gasteiger partial charge in [0.2, 0.25) is 0 Å². The lowest BCUT2D eigenvalue weighted by Gasteiger charge is -2.22. The van der Waals surface area contributed by atoms with Gasteiger partial charge in [-0.05, 0) is 0 Å². The molecule has 0 spiro atoms. The number of phosphoric acid groups is 1. The van der Waals surface area contributed by atoms with Crippen molar-refractivity contribution >= 4 is 57.1 Å². The fourth-order valence-electron chi connectivity index (χ4n) is 2.00. The molecule has 3 atom stereocenters. The number of ether oxygens (including phenoxy) is 1. The predicted molar refractivity (Wildman–Crippen MR) is 96.5 cm³/mol. The highest BCUT2D eigenvalue weighted by Crippen LogP contribution is 2.43. The van der Waals surface area contributed by atoms with E-state index in [1.165, 1.54) is 0 Å². The van der Waals surface area contributed by atoms with E-state index in [1.807, 2.05) is 0 Å². The van der Waals surface area contributed by atoms with E-state index >= 15 is 0 Å². The molecule has 0 heterocycles. The first-order valence-electron chi connectivity index (χ1n) is 8.39. The molecule has 0 saturated carbocycles. The lowest BCUT2D eigenvalue weighted by molar-refractivity contribution is -0.179. The van der Waals surface area contributed by atoms with Crippen molar-refractivity contribution < 1.29 is 97.0 Å². The van der Waals surface area contributed by atoms with Crippen LogP contribution in [-0.4, -0.2) is 101 Å². The van der Waals surface area contributed by atoms with Crippen LogP contribution < -0.4 is 0 Å². The molecule has 0 saturated heterocycles. The molecule has 0 aliphatic rings. The molecule has 196 valence electrons. The zero-order valence-electron chi connectivity index (χ0n) is 16.8. The van der Waals surface area contributed by atoms with E-state index in [4.69, 9.17) is 25.3 Å². The third-order valence-corrected chi connectivity index (χ3v) is 4.26. The molecule has 0 aromatic rings. The van der Waals surface area contributed by atoms with Gasteiger partial charge in [0.05, 0.1) is 25.7 Å². The van der Waals surface area contributed by atoms with E-state index in [0.717, 1.165) is 0 Å². The Morgan fingerprint density at radius 3 is 1.51 bits per heavy atom. The minimum atomic E-state index is -5.52. The molecule has 0 aromatic heterocycles. The SMILES string of the molecule is O=C(O)CC(O)(CC(=O)OC(=O)CC(O)(CC(=O)OB(O)OP(=O)(O)OC(=O)O)C(=O)O)C(=O)O. The first-order chi connectivity index (χ1) is 15.7. The highest BCUT2D eigenvalue weighted by molar-refractivity contribution is 7.49. The highest BCUT2D eigenvalue weighted by atomic mass is 31.2. The van der Waals surface area contributed by atoms with Crippen LogP contribution in [0.1, 0.15) is 25.7 Å². The van der Waals surface area contributed by atoms with E-state index in [-0.39, 0.29) is 0 Å². The number of aliphatic hydroxyl groups is 2. The van der Waals surface area contributed by atoms with Gasteiger partial charge in [-0.2, -0.15) is 0 Å². The number of aliphatic carboxylic acids is 3. The maximum atomic E-state index is 11.8. The number of carbonyl (C=O) groups is 7. The van der Waals surface area contributed by atoms with Gasteiger partial charge < -0.3 is 49.6 Å². The second-order valence-electron chi connectivity index (χ2n) is 6.35. The first-order valence-corrected chi connectivity index (χ1v) is 9.89. The number of carbonyl (C=O) groups excluding carboxylic acids is 3. The second-order valence-corrected chi connectivity index (χ2v) is 7.68. The minimum Gasteiger partial charge on any atom is -0.485 e. The summed E-state index contributed by atoms with van der Waals surface area (Å²) in [5, 5.41) is 63.5. The summed E-state index contributed by atoms with van der Waals surface area (Å²) < 4.78 is 26.0. The number of carboxylic acids is 3. The Bertz CT molecular complexity index is 945. The number of phosphoric ester groups is 1. The number of hydrogen-bond acceptors (Lipinski definition) is 15. The molecule has 22 heteroatoms. The summed E-state index contributed by atoms with van der Waals surface area (Å²) in [5.74, 6) is -12.1. The van der Waals surface area contributed by atoms with Gasteiger partial charge in [-0.1, -0.05) is 0 Å². The van der Waals surface area contributed by atoms with Crippen LogP contribution in [0.3, 0.4) is 0 Å². The van der Waals surface area contributed by atoms with E-state index in [0.29, 0.717) is 0 Å². The average molecular weight is 534 g/mol. The topological polar surface area (TPSA) is 335 Å². The first kappa shape index (κ1) is 31.4. The van der Waals surface area contributed by atoms with Crippen LogP contribution in [0.5, 0.6) is 0 Å². The van der Waals surface area contributed by atoms with Crippen LogP contribution in [0.15, 0.2) is 0 Å². The average Bonchev–Trinajstić information content (AvgIpc) is 2.57. The summed E-state index contributed by atoms with van der Waals surface area (Å²) in [6.45, 7) is 0. The van der Waals surface area contributed by atoms with Gasteiger partial charge >= 0.3 is 51.1 Å². The largest absolute Gasteiger partial charge is 0.721 e. The monoisotopic (exact) mass is 534 g/mol. The molecule has 0 amide bonds. The molecule has 0 fully saturated rings. The third kappa shape index (κ3) is 11.4. The Labute approximate surface area is 192 Å². The summed E-state index contributed by atoms with van der Waals surface area (Å²) in [4.78, 5) is 87.0. The van der Waals surface area contributed by atoms with Crippen molar-refractivity contribution in [3.05, 3.63) is 0 Å². The van der Waals surface area contributed by atoms with Gasteiger partial charge in [0, 0.05) is 0 Å². The number of hydrogen-bond donors (Lipinski definition) is 8. The number of esters is 2. The smallest absolute Gasteiger partial charge is 0.485 e. The van der Waals surface area contributed by atoms with E-state index in [2.05, 4.69) is 18.4 Å². The lowest BCUT2D eigenvalue weighted by atomic mass is 9.95. The Balaban J connectivity index is 5.18. The molecular weight excluding hydrogens is 518 g/mol. The summed E-state index contributed by atoms with van der Waals surface area (Å²) in [7, 11) is -8.55. The van der Waals surface area contributed by atoms with Gasteiger partial charge in [-0.3, -0.25) is 28.5 Å².